The zero-order valence-electron chi connectivity index (χ0n) is 8.61. The summed E-state index contributed by atoms with van der Waals surface area (Å²) < 4.78 is 19.0. The van der Waals surface area contributed by atoms with Gasteiger partial charge in [0.15, 0.2) is 0 Å². The third-order valence-electron chi connectivity index (χ3n) is 2.60. The lowest BCUT2D eigenvalue weighted by Crippen LogP contribution is -2.35. The predicted octanol–water partition coefficient (Wildman–Crippen LogP) is 1.75. The summed E-state index contributed by atoms with van der Waals surface area (Å²) in [6, 6.07) is 0. The number of hydrogen-bond acceptors (Lipinski definition) is 2. The molecule has 1 fully saturated rings. The van der Waals surface area contributed by atoms with Crippen LogP contribution in [0.25, 0.3) is 0 Å². The van der Waals surface area contributed by atoms with Crippen molar-refractivity contribution in [1.29, 1.82) is 0 Å². The van der Waals surface area contributed by atoms with Gasteiger partial charge >= 0.3 is 0 Å². The van der Waals surface area contributed by atoms with Crippen molar-refractivity contribution < 1.29 is 9.13 Å². The summed E-state index contributed by atoms with van der Waals surface area (Å²) in [5, 5.41) is 2.89. The van der Waals surface area contributed by atoms with Crippen LogP contribution in [-0.2, 0) is 4.74 Å². The Morgan fingerprint density at radius 1 is 1.46 bits per heavy atom. The summed E-state index contributed by atoms with van der Waals surface area (Å²) in [6.45, 7) is 3.74. The molecule has 0 bridgehead atoms. The van der Waals surface area contributed by atoms with E-state index in [4.69, 9.17) is 4.74 Å². The van der Waals surface area contributed by atoms with Crippen LogP contribution in [0.5, 0.6) is 0 Å². The van der Waals surface area contributed by atoms with E-state index in [1.807, 2.05) is 0 Å². The van der Waals surface area contributed by atoms with E-state index in [-0.39, 0.29) is 0 Å². The Kier molecular flexibility index (Phi) is 4.13. The molecule has 1 rings (SSSR count). The summed E-state index contributed by atoms with van der Waals surface area (Å²) in [4.78, 5) is 0. The molecule has 1 aliphatic rings. The van der Waals surface area contributed by atoms with Gasteiger partial charge in [0.05, 0.1) is 0 Å². The molecule has 1 aliphatic heterocycles. The first-order valence-electron chi connectivity index (χ1n) is 5.05. The molecule has 13 heavy (non-hydrogen) atoms. The average molecular weight is 189 g/mol. The largest absolute Gasteiger partial charge is 0.381 e. The number of halogens is 1. The summed E-state index contributed by atoms with van der Waals surface area (Å²) in [7, 11) is 1.79. The molecule has 2 nitrogen and oxygen atoms in total. The molecule has 0 spiro atoms. The van der Waals surface area contributed by atoms with Crippen molar-refractivity contribution in [2.24, 2.45) is 5.92 Å². The lowest BCUT2D eigenvalue weighted by molar-refractivity contribution is 0.0404. The lowest BCUT2D eigenvalue weighted by Gasteiger charge is -2.28. The Morgan fingerprint density at radius 3 is 2.62 bits per heavy atom. The molecule has 1 N–H and O–H groups in total. The molecule has 1 unspecified atom stereocenters. The molecule has 1 heterocycles. The second-order valence-corrected chi connectivity index (χ2v) is 4.20. The first-order chi connectivity index (χ1) is 6.14. The highest BCUT2D eigenvalue weighted by Crippen LogP contribution is 2.27. The van der Waals surface area contributed by atoms with Gasteiger partial charge < -0.3 is 10.1 Å². The van der Waals surface area contributed by atoms with Crippen LogP contribution in [0.1, 0.15) is 26.2 Å². The molecule has 0 amide bonds. The highest BCUT2D eigenvalue weighted by molar-refractivity contribution is 4.80. The van der Waals surface area contributed by atoms with E-state index in [2.05, 4.69) is 5.32 Å². The van der Waals surface area contributed by atoms with E-state index in [9.17, 15) is 4.39 Å². The van der Waals surface area contributed by atoms with Crippen molar-refractivity contribution in [2.75, 3.05) is 26.8 Å². The van der Waals surface area contributed by atoms with E-state index in [1.165, 1.54) is 0 Å². The molecule has 3 heteroatoms. The third kappa shape index (κ3) is 4.05. The minimum atomic E-state index is -1.06. The van der Waals surface area contributed by atoms with Gasteiger partial charge in [0.2, 0.25) is 0 Å². The zero-order chi connectivity index (χ0) is 9.73. The second-order valence-electron chi connectivity index (χ2n) is 4.20. The molecular formula is C10H20FNO. The third-order valence-corrected chi connectivity index (χ3v) is 2.60. The van der Waals surface area contributed by atoms with Crippen molar-refractivity contribution in [1.82, 2.24) is 5.32 Å². The molecule has 0 radical (unpaired) electrons. The number of nitrogens with one attached hydrogen (secondary N) is 1. The van der Waals surface area contributed by atoms with Gasteiger partial charge in [-0.25, -0.2) is 4.39 Å². The maximum Gasteiger partial charge on any atom is 0.120 e. The van der Waals surface area contributed by atoms with Gasteiger partial charge in [-0.15, -0.1) is 0 Å². The van der Waals surface area contributed by atoms with Crippen LogP contribution in [0.3, 0.4) is 0 Å². The van der Waals surface area contributed by atoms with Gasteiger partial charge in [0, 0.05) is 19.8 Å². The van der Waals surface area contributed by atoms with E-state index < -0.39 is 5.67 Å². The first kappa shape index (κ1) is 10.9. The highest BCUT2D eigenvalue weighted by Gasteiger charge is 2.27. The van der Waals surface area contributed by atoms with Gasteiger partial charge in [0.1, 0.15) is 5.67 Å². The van der Waals surface area contributed by atoms with Crippen molar-refractivity contribution in [2.45, 2.75) is 31.9 Å². The maximum absolute atomic E-state index is 13.8. The summed E-state index contributed by atoms with van der Waals surface area (Å²) >= 11 is 0. The molecule has 78 valence electrons. The Hall–Kier alpha value is -0.150. The highest BCUT2D eigenvalue weighted by atomic mass is 19.1. The Balaban J connectivity index is 2.28. The van der Waals surface area contributed by atoms with Crippen molar-refractivity contribution in [3.05, 3.63) is 0 Å². The monoisotopic (exact) mass is 189 g/mol. The molecule has 0 aromatic rings. The van der Waals surface area contributed by atoms with Crippen LogP contribution in [0, 0.1) is 5.92 Å². The fourth-order valence-corrected chi connectivity index (χ4v) is 1.99. The van der Waals surface area contributed by atoms with Gasteiger partial charge in [-0.3, -0.25) is 0 Å². The number of alkyl halides is 1. The lowest BCUT2D eigenvalue weighted by atomic mass is 9.88. The van der Waals surface area contributed by atoms with Crippen LogP contribution in [0.2, 0.25) is 0 Å². The van der Waals surface area contributed by atoms with Crippen LogP contribution >= 0.6 is 0 Å². The van der Waals surface area contributed by atoms with Crippen LogP contribution in [0.4, 0.5) is 4.39 Å². The summed E-state index contributed by atoms with van der Waals surface area (Å²) in [5.41, 5.74) is -1.06. The SMILES string of the molecule is CNCC(C)(F)CC1CCOCC1. The summed E-state index contributed by atoms with van der Waals surface area (Å²) in [5.74, 6) is 0.511. The number of ether oxygens (including phenoxy) is 1. The van der Waals surface area contributed by atoms with E-state index >= 15 is 0 Å². The molecule has 0 aromatic carbocycles. The van der Waals surface area contributed by atoms with Crippen molar-refractivity contribution >= 4 is 0 Å². The minimum absolute atomic E-state index is 0.449. The van der Waals surface area contributed by atoms with Gasteiger partial charge in [-0.05, 0) is 39.2 Å². The first-order valence-corrected chi connectivity index (χ1v) is 5.05. The molecule has 1 atom stereocenters. The van der Waals surface area contributed by atoms with E-state index in [0.717, 1.165) is 26.1 Å². The second kappa shape index (κ2) is 4.91. The maximum atomic E-state index is 13.8. The average Bonchev–Trinajstić information content (AvgIpc) is 2.04. The zero-order valence-corrected chi connectivity index (χ0v) is 8.61. The minimum Gasteiger partial charge on any atom is -0.381 e. The Labute approximate surface area is 79.8 Å². The van der Waals surface area contributed by atoms with Crippen molar-refractivity contribution in [3.8, 4) is 0 Å². The van der Waals surface area contributed by atoms with Crippen molar-refractivity contribution in [3.63, 3.8) is 0 Å². The molecule has 1 saturated heterocycles. The standard InChI is InChI=1S/C10H20FNO/c1-10(11,8-12-2)7-9-3-5-13-6-4-9/h9,12H,3-8H2,1-2H3. The van der Waals surface area contributed by atoms with E-state index in [1.54, 1.807) is 14.0 Å². The molecule has 0 aromatic heterocycles. The topological polar surface area (TPSA) is 21.3 Å². The summed E-state index contributed by atoms with van der Waals surface area (Å²) in [6.07, 6.45) is 2.70. The fourth-order valence-electron chi connectivity index (χ4n) is 1.99. The predicted molar refractivity (Wildman–Crippen MR) is 51.6 cm³/mol. The van der Waals surface area contributed by atoms with Crippen LogP contribution < -0.4 is 5.32 Å². The van der Waals surface area contributed by atoms with Crippen LogP contribution in [-0.4, -0.2) is 32.5 Å². The number of rotatable bonds is 4. The van der Waals surface area contributed by atoms with Gasteiger partial charge in [-0.1, -0.05) is 0 Å². The molecular weight excluding hydrogens is 169 g/mol. The Bertz CT molecular complexity index is 144. The fraction of sp³-hybridized carbons (Fsp3) is 1.00. The van der Waals surface area contributed by atoms with Crippen LogP contribution in [0.15, 0.2) is 0 Å². The van der Waals surface area contributed by atoms with Gasteiger partial charge in [0.25, 0.3) is 0 Å². The Morgan fingerprint density at radius 2 is 2.08 bits per heavy atom. The normalized spacial score (nSPS) is 24.2. The molecule has 0 aliphatic carbocycles. The molecule has 0 saturated carbocycles. The number of hydrogen-bond donors (Lipinski definition) is 1. The van der Waals surface area contributed by atoms with Gasteiger partial charge in [-0.2, -0.15) is 0 Å². The quantitative estimate of drug-likeness (QED) is 0.727. The smallest absolute Gasteiger partial charge is 0.120 e. The van der Waals surface area contributed by atoms with E-state index in [0.29, 0.717) is 18.9 Å².